The summed E-state index contributed by atoms with van der Waals surface area (Å²) in [6.45, 7) is 2.48. The lowest BCUT2D eigenvalue weighted by Crippen LogP contribution is -2.02. The van der Waals surface area contributed by atoms with Crippen LogP contribution in [0.15, 0.2) is 40.9 Å². The Morgan fingerprint density at radius 2 is 2.05 bits per heavy atom. The van der Waals surface area contributed by atoms with Crippen LogP contribution in [0.25, 0.3) is 0 Å². The number of hydrogen-bond donors (Lipinski definition) is 1. The Morgan fingerprint density at radius 3 is 2.74 bits per heavy atom. The minimum absolute atomic E-state index is 0.276. The van der Waals surface area contributed by atoms with Crippen molar-refractivity contribution < 1.29 is 4.39 Å². The summed E-state index contributed by atoms with van der Waals surface area (Å²) < 4.78 is 13.8. The molecule has 0 spiro atoms. The van der Waals surface area contributed by atoms with E-state index < -0.39 is 0 Å². The highest BCUT2D eigenvalue weighted by Crippen LogP contribution is 2.20. The molecule has 2 aromatic rings. The van der Waals surface area contributed by atoms with Gasteiger partial charge in [0.05, 0.1) is 16.1 Å². The molecule has 0 fully saturated rings. The summed E-state index contributed by atoms with van der Waals surface area (Å²) in [5.41, 5.74) is 3.40. The van der Waals surface area contributed by atoms with Crippen molar-refractivity contribution in [2.24, 2.45) is 0 Å². The lowest BCUT2D eigenvalue weighted by atomic mass is 10.1. The van der Waals surface area contributed by atoms with Crippen LogP contribution in [0.3, 0.4) is 0 Å². The molecule has 2 rings (SSSR count). The van der Waals surface area contributed by atoms with Gasteiger partial charge in [0.1, 0.15) is 5.82 Å². The van der Waals surface area contributed by atoms with Gasteiger partial charge in [0.15, 0.2) is 0 Å². The van der Waals surface area contributed by atoms with Crippen LogP contribution in [0.1, 0.15) is 16.7 Å². The van der Waals surface area contributed by atoms with Crippen molar-refractivity contribution in [3.63, 3.8) is 0 Å². The Morgan fingerprint density at radius 1 is 1.26 bits per heavy atom. The third kappa shape index (κ3) is 3.33. The molecular formula is C15H12BrFN2. The number of halogens is 2. The third-order valence-electron chi connectivity index (χ3n) is 2.83. The molecule has 0 heterocycles. The van der Waals surface area contributed by atoms with E-state index >= 15 is 0 Å². The van der Waals surface area contributed by atoms with E-state index in [-0.39, 0.29) is 5.82 Å². The predicted molar refractivity (Wildman–Crippen MR) is 77.3 cm³/mol. The van der Waals surface area contributed by atoms with E-state index in [0.717, 1.165) is 16.8 Å². The number of aryl methyl sites for hydroxylation is 1. The number of benzene rings is 2. The molecule has 1 N–H and O–H groups in total. The van der Waals surface area contributed by atoms with Gasteiger partial charge >= 0.3 is 0 Å². The fourth-order valence-corrected chi connectivity index (χ4v) is 1.98. The first-order valence-corrected chi connectivity index (χ1v) is 6.58. The van der Waals surface area contributed by atoms with E-state index in [4.69, 9.17) is 5.26 Å². The zero-order valence-corrected chi connectivity index (χ0v) is 12.0. The molecule has 2 aromatic carbocycles. The van der Waals surface area contributed by atoms with Crippen LogP contribution in [-0.2, 0) is 6.54 Å². The first kappa shape index (κ1) is 13.6. The average Bonchev–Trinajstić information content (AvgIpc) is 2.41. The Hall–Kier alpha value is -1.86. The second-order valence-corrected chi connectivity index (χ2v) is 5.10. The summed E-state index contributed by atoms with van der Waals surface area (Å²) in [6, 6.07) is 12.6. The van der Waals surface area contributed by atoms with Crippen LogP contribution in [0.2, 0.25) is 0 Å². The zero-order valence-electron chi connectivity index (χ0n) is 10.4. The highest BCUT2D eigenvalue weighted by Gasteiger charge is 2.03. The molecule has 0 saturated carbocycles. The number of nitrogens with one attached hydrogen (secondary N) is 1. The number of hydrogen-bond acceptors (Lipinski definition) is 2. The van der Waals surface area contributed by atoms with Gasteiger partial charge < -0.3 is 5.32 Å². The fraction of sp³-hybridized carbons (Fsp3) is 0.133. The molecule has 96 valence electrons. The Labute approximate surface area is 120 Å². The van der Waals surface area contributed by atoms with Gasteiger partial charge in [-0.15, -0.1) is 0 Å². The normalized spacial score (nSPS) is 10.0. The Bertz CT molecular complexity index is 647. The summed E-state index contributed by atoms with van der Waals surface area (Å²) in [7, 11) is 0. The minimum atomic E-state index is -0.276. The van der Waals surface area contributed by atoms with Crippen molar-refractivity contribution in [2.75, 3.05) is 5.32 Å². The van der Waals surface area contributed by atoms with Gasteiger partial charge in [-0.25, -0.2) is 4.39 Å². The summed E-state index contributed by atoms with van der Waals surface area (Å²) in [5, 5.41) is 12.1. The van der Waals surface area contributed by atoms with Crippen LogP contribution in [-0.4, -0.2) is 0 Å². The van der Waals surface area contributed by atoms with E-state index in [0.29, 0.717) is 16.6 Å². The Balaban J connectivity index is 2.14. The third-order valence-corrected chi connectivity index (χ3v) is 3.48. The first-order chi connectivity index (χ1) is 9.10. The lowest BCUT2D eigenvalue weighted by Gasteiger charge is -2.10. The van der Waals surface area contributed by atoms with Crippen LogP contribution in [0, 0.1) is 24.1 Å². The maximum atomic E-state index is 13.4. The maximum Gasteiger partial charge on any atom is 0.137 e. The van der Waals surface area contributed by atoms with Crippen LogP contribution >= 0.6 is 15.9 Å². The molecule has 0 amide bonds. The van der Waals surface area contributed by atoms with E-state index in [1.165, 1.54) is 6.07 Å². The van der Waals surface area contributed by atoms with Gasteiger partial charge in [0.25, 0.3) is 0 Å². The second kappa shape index (κ2) is 5.85. The SMILES string of the molecule is Cc1ccc(C#N)cc1NCc1ccc(Br)c(F)c1. The predicted octanol–water partition coefficient (Wildman–Crippen LogP) is 4.38. The van der Waals surface area contributed by atoms with Crippen molar-refractivity contribution in [1.82, 2.24) is 0 Å². The molecule has 0 aliphatic carbocycles. The van der Waals surface area contributed by atoms with E-state index in [1.54, 1.807) is 18.2 Å². The van der Waals surface area contributed by atoms with Crippen LogP contribution < -0.4 is 5.32 Å². The Kier molecular flexibility index (Phi) is 4.18. The fourth-order valence-electron chi connectivity index (χ4n) is 1.73. The molecule has 0 unspecified atom stereocenters. The molecule has 4 heteroatoms. The van der Waals surface area contributed by atoms with E-state index in [9.17, 15) is 4.39 Å². The zero-order chi connectivity index (χ0) is 13.8. The van der Waals surface area contributed by atoms with Crippen molar-refractivity contribution in [3.05, 3.63) is 63.4 Å². The molecule has 0 bridgehead atoms. The number of nitrogens with zero attached hydrogens (tertiary/aromatic N) is 1. The number of nitriles is 1. The van der Waals surface area contributed by atoms with Crippen molar-refractivity contribution in [1.29, 1.82) is 5.26 Å². The van der Waals surface area contributed by atoms with Gasteiger partial charge in [-0.05, 0) is 58.2 Å². The molecule has 0 aliphatic heterocycles. The van der Waals surface area contributed by atoms with Gasteiger partial charge in [0.2, 0.25) is 0 Å². The van der Waals surface area contributed by atoms with Crippen LogP contribution in [0.4, 0.5) is 10.1 Å². The monoisotopic (exact) mass is 318 g/mol. The molecule has 0 atom stereocenters. The molecule has 0 saturated heterocycles. The van der Waals surface area contributed by atoms with E-state index in [2.05, 4.69) is 27.3 Å². The van der Waals surface area contributed by atoms with E-state index in [1.807, 2.05) is 19.1 Å². The molecular weight excluding hydrogens is 307 g/mol. The second-order valence-electron chi connectivity index (χ2n) is 4.24. The number of anilines is 1. The van der Waals surface area contributed by atoms with Crippen LogP contribution in [0.5, 0.6) is 0 Å². The van der Waals surface area contributed by atoms with Crippen molar-refractivity contribution >= 4 is 21.6 Å². The summed E-state index contributed by atoms with van der Waals surface area (Å²) >= 11 is 3.12. The molecule has 0 aromatic heterocycles. The van der Waals surface area contributed by atoms with Crippen molar-refractivity contribution in [2.45, 2.75) is 13.5 Å². The van der Waals surface area contributed by atoms with Gasteiger partial charge in [-0.1, -0.05) is 12.1 Å². The number of rotatable bonds is 3. The highest BCUT2D eigenvalue weighted by atomic mass is 79.9. The molecule has 0 radical (unpaired) electrons. The standard InChI is InChI=1S/C15H12BrFN2/c1-10-2-3-11(8-18)7-15(10)19-9-12-4-5-13(16)14(17)6-12/h2-7,19H,9H2,1H3. The van der Waals surface area contributed by atoms with Gasteiger partial charge in [-0.2, -0.15) is 5.26 Å². The average molecular weight is 319 g/mol. The quantitative estimate of drug-likeness (QED) is 0.911. The van der Waals surface area contributed by atoms with Gasteiger partial charge in [-0.3, -0.25) is 0 Å². The smallest absolute Gasteiger partial charge is 0.137 e. The molecule has 2 nitrogen and oxygen atoms in total. The largest absolute Gasteiger partial charge is 0.381 e. The molecule has 0 aliphatic rings. The van der Waals surface area contributed by atoms with Crippen molar-refractivity contribution in [3.8, 4) is 6.07 Å². The highest BCUT2D eigenvalue weighted by molar-refractivity contribution is 9.10. The maximum absolute atomic E-state index is 13.4. The topological polar surface area (TPSA) is 35.8 Å². The van der Waals surface area contributed by atoms with Gasteiger partial charge in [0, 0.05) is 12.2 Å². The lowest BCUT2D eigenvalue weighted by molar-refractivity contribution is 0.619. The first-order valence-electron chi connectivity index (χ1n) is 5.78. The summed E-state index contributed by atoms with van der Waals surface area (Å²) in [6.07, 6.45) is 0. The summed E-state index contributed by atoms with van der Waals surface area (Å²) in [5.74, 6) is -0.276. The summed E-state index contributed by atoms with van der Waals surface area (Å²) in [4.78, 5) is 0. The minimum Gasteiger partial charge on any atom is -0.381 e. The molecule has 19 heavy (non-hydrogen) atoms.